The number of esters is 1. The minimum atomic E-state index is -4.08. The molecule has 0 amide bonds. The molecule has 0 aromatic carbocycles. The number of H-pyrrole nitrogens is 1. The number of hydrogen-bond donors (Lipinski definition) is 3. The third-order valence-electron chi connectivity index (χ3n) is 2.13. The van der Waals surface area contributed by atoms with Crippen LogP contribution in [-0.4, -0.2) is 54.3 Å². The van der Waals surface area contributed by atoms with Crippen molar-refractivity contribution in [2.45, 2.75) is 12.5 Å². The summed E-state index contributed by atoms with van der Waals surface area (Å²) < 4.78 is 29.2. The van der Waals surface area contributed by atoms with Crippen LogP contribution in [0.2, 0.25) is 0 Å². The van der Waals surface area contributed by atoms with Crippen LogP contribution in [0.25, 0.3) is 0 Å². The summed E-state index contributed by atoms with van der Waals surface area (Å²) in [5.74, 6) is -3.27. The molecule has 9 nitrogen and oxygen atoms in total. The Kier molecular flexibility index (Phi) is 5.01. The molecule has 1 aromatic heterocycles. The molecule has 0 unspecified atom stereocenters. The topological polar surface area (TPSA) is 138 Å². The predicted octanol–water partition coefficient (Wildman–Crippen LogP) is -1.50. The number of carboxylic acid groups (broad SMARTS) is 1. The molecule has 3 N–H and O–H groups in total. The highest BCUT2D eigenvalue weighted by molar-refractivity contribution is 7.90. The summed E-state index contributed by atoms with van der Waals surface area (Å²) in [7, 11) is -3.04. The normalized spacial score (nSPS) is 12.9. The van der Waals surface area contributed by atoms with E-state index in [2.05, 4.69) is 14.7 Å². The van der Waals surface area contributed by atoms with Crippen molar-refractivity contribution in [2.75, 3.05) is 12.9 Å². The molecule has 0 aliphatic rings. The Morgan fingerprint density at radius 3 is 2.74 bits per heavy atom. The van der Waals surface area contributed by atoms with Gasteiger partial charge in [-0.25, -0.2) is 18.1 Å². The van der Waals surface area contributed by atoms with Crippen molar-refractivity contribution in [3.8, 4) is 0 Å². The second kappa shape index (κ2) is 6.29. The number of nitrogens with one attached hydrogen (secondary N) is 2. The number of hydrogen-bond acceptors (Lipinski definition) is 6. The van der Waals surface area contributed by atoms with Gasteiger partial charge in [-0.15, -0.1) is 0 Å². The van der Waals surface area contributed by atoms with Crippen LogP contribution in [0.4, 0.5) is 0 Å². The maximum atomic E-state index is 11.5. The van der Waals surface area contributed by atoms with Gasteiger partial charge in [0, 0.05) is 18.3 Å². The summed E-state index contributed by atoms with van der Waals surface area (Å²) in [6.45, 7) is 0. The molecule has 0 spiro atoms. The van der Waals surface area contributed by atoms with E-state index >= 15 is 0 Å². The van der Waals surface area contributed by atoms with Crippen molar-refractivity contribution in [2.24, 2.45) is 0 Å². The van der Waals surface area contributed by atoms with Crippen LogP contribution in [0.1, 0.15) is 5.69 Å². The number of aromatic amines is 1. The molecule has 1 rings (SSSR count). The van der Waals surface area contributed by atoms with Crippen molar-refractivity contribution in [3.05, 3.63) is 18.2 Å². The lowest BCUT2D eigenvalue weighted by Crippen LogP contribution is -2.44. The van der Waals surface area contributed by atoms with Crippen molar-refractivity contribution >= 4 is 22.0 Å². The first-order chi connectivity index (χ1) is 8.84. The first kappa shape index (κ1) is 15.1. The second-order valence-electron chi connectivity index (χ2n) is 3.62. The summed E-state index contributed by atoms with van der Waals surface area (Å²) in [4.78, 5) is 28.2. The van der Waals surface area contributed by atoms with Gasteiger partial charge in [-0.1, -0.05) is 0 Å². The number of methoxy groups -OCH3 is 1. The molecule has 0 saturated carbocycles. The standard InChI is InChI=1S/C9H13N3O6S/c1-18-8(13)4-19(16,17)12-7(9(14)15)2-6-3-10-5-11-6/h3,5,7,12H,2,4H2,1H3,(H,10,11)(H,14,15)/t7-/m0/s1. The Morgan fingerprint density at radius 1 is 1.58 bits per heavy atom. The average Bonchev–Trinajstić information content (AvgIpc) is 2.79. The van der Waals surface area contributed by atoms with Crippen molar-refractivity contribution in [1.82, 2.24) is 14.7 Å². The zero-order chi connectivity index (χ0) is 14.5. The number of carbonyl (C=O) groups is 2. The number of carbonyl (C=O) groups excluding carboxylic acids is 1. The van der Waals surface area contributed by atoms with E-state index < -0.39 is 33.8 Å². The van der Waals surface area contributed by atoms with Crippen LogP contribution in [0, 0.1) is 0 Å². The quantitative estimate of drug-likeness (QED) is 0.519. The van der Waals surface area contributed by atoms with E-state index in [1.807, 2.05) is 4.72 Å². The highest BCUT2D eigenvalue weighted by Gasteiger charge is 2.26. The zero-order valence-electron chi connectivity index (χ0n) is 9.99. The van der Waals surface area contributed by atoms with Gasteiger partial charge in [0.1, 0.15) is 6.04 Å². The maximum absolute atomic E-state index is 11.5. The third kappa shape index (κ3) is 5.06. The number of imidazole rings is 1. The van der Waals surface area contributed by atoms with Crippen LogP contribution < -0.4 is 4.72 Å². The molecule has 10 heteroatoms. The molecular formula is C9H13N3O6S. The Hall–Kier alpha value is -1.94. The Labute approximate surface area is 109 Å². The molecule has 1 aromatic rings. The second-order valence-corrected chi connectivity index (χ2v) is 5.38. The van der Waals surface area contributed by atoms with Crippen LogP contribution in [-0.2, 0) is 30.8 Å². The van der Waals surface area contributed by atoms with Crippen LogP contribution in [0.3, 0.4) is 0 Å². The number of aromatic nitrogens is 2. The van der Waals surface area contributed by atoms with Gasteiger partial charge >= 0.3 is 11.9 Å². The monoisotopic (exact) mass is 291 g/mol. The molecule has 0 saturated heterocycles. The van der Waals surface area contributed by atoms with E-state index in [9.17, 15) is 18.0 Å². The molecule has 0 radical (unpaired) electrons. The van der Waals surface area contributed by atoms with E-state index in [1.165, 1.54) is 12.5 Å². The van der Waals surface area contributed by atoms with Gasteiger partial charge < -0.3 is 14.8 Å². The molecule has 0 aliphatic heterocycles. The highest BCUT2D eigenvalue weighted by Crippen LogP contribution is 2.01. The van der Waals surface area contributed by atoms with Gasteiger partial charge in [-0.05, 0) is 0 Å². The number of rotatable bonds is 7. The first-order valence-corrected chi connectivity index (χ1v) is 6.76. The van der Waals surface area contributed by atoms with E-state index in [-0.39, 0.29) is 6.42 Å². The number of aliphatic carboxylic acids is 1. The summed E-state index contributed by atoms with van der Waals surface area (Å²) in [5, 5.41) is 8.95. The minimum Gasteiger partial charge on any atom is -0.480 e. The van der Waals surface area contributed by atoms with E-state index in [0.717, 1.165) is 7.11 Å². The largest absolute Gasteiger partial charge is 0.480 e. The Morgan fingerprint density at radius 2 is 2.26 bits per heavy atom. The lowest BCUT2D eigenvalue weighted by Gasteiger charge is -2.13. The molecule has 106 valence electrons. The zero-order valence-corrected chi connectivity index (χ0v) is 10.8. The maximum Gasteiger partial charge on any atom is 0.322 e. The summed E-state index contributed by atoms with van der Waals surface area (Å²) in [6, 6.07) is -1.39. The summed E-state index contributed by atoms with van der Waals surface area (Å²) in [6.07, 6.45) is 2.61. The lowest BCUT2D eigenvalue weighted by atomic mass is 10.2. The number of ether oxygens (including phenoxy) is 1. The van der Waals surface area contributed by atoms with Crippen molar-refractivity contribution in [1.29, 1.82) is 0 Å². The van der Waals surface area contributed by atoms with Gasteiger partial charge in [-0.3, -0.25) is 9.59 Å². The van der Waals surface area contributed by atoms with E-state index in [0.29, 0.717) is 5.69 Å². The Bertz CT molecular complexity index is 538. The lowest BCUT2D eigenvalue weighted by molar-refractivity contribution is -0.139. The van der Waals surface area contributed by atoms with Gasteiger partial charge in [0.2, 0.25) is 10.0 Å². The molecule has 0 aliphatic carbocycles. The summed E-state index contributed by atoms with van der Waals surface area (Å²) >= 11 is 0. The first-order valence-electron chi connectivity index (χ1n) is 5.11. The van der Waals surface area contributed by atoms with E-state index in [1.54, 1.807) is 0 Å². The number of nitrogens with zero attached hydrogens (tertiary/aromatic N) is 1. The van der Waals surface area contributed by atoms with Crippen LogP contribution in [0.15, 0.2) is 12.5 Å². The number of sulfonamides is 1. The van der Waals surface area contributed by atoms with Gasteiger partial charge in [0.25, 0.3) is 0 Å². The average molecular weight is 291 g/mol. The fraction of sp³-hybridized carbons (Fsp3) is 0.444. The Balaban J connectivity index is 2.73. The fourth-order valence-electron chi connectivity index (χ4n) is 1.27. The smallest absolute Gasteiger partial charge is 0.322 e. The van der Waals surface area contributed by atoms with Gasteiger partial charge in [-0.2, -0.15) is 0 Å². The summed E-state index contributed by atoms with van der Waals surface area (Å²) in [5.41, 5.74) is 0.452. The molecule has 1 heterocycles. The molecular weight excluding hydrogens is 278 g/mol. The fourth-order valence-corrected chi connectivity index (χ4v) is 2.40. The van der Waals surface area contributed by atoms with Crippen LogP contribution in [0.5, 0.6) is 0 Å². The predicted molar refractivity (Wildman–Crippen MR) is 62.7 cm³/mol. The number of carboxylic acids is 1. The van der Waals surface area contributed by atoms with Gasteiger partial charge in [0.15, 0.2) is 5.75 Å². The van der Waals surface area contributed by atoms with Crippen LogP contribution >= 0.6 is 0 Å². The van der Waals surface area contributed by atoms with E-state index in [4.69, 9.17) is 5.11 Å². The van der Waals surface area contributed by atoms with Crippen molar-refractivity contribution < 1.29 is 27.9 Å². The molecule has 0 fully saturated rings. The highest BCUT2D eigenvalue weighted by atomic mass is 32.2. The third-order valence-corrected chi connectivity index (χ3v) is 3.39. The van der Waals surface area contributed by atoms with Crippen molar-refractivity contribution in [3.63, 3.8) is 0 Å². The van der Waals surface area contributed by atoms with Gasteiger partial charge in [0.05, 0.1) is 13.4 Å². The molecule has 1 atom stereocenters. The SMILES string of the molecule is COC(=O)CS(=O)(=O)N[C@@H](Cc1cnc[nH]1)C(=O)O. The molecule has 0 bridgehead atoms. The molecule has 19 heavy (non-hydrogen) atoms. The minimum absolute atomic E-state index is 0.115.